The van der Waals surface area contributed by atoms with Crippen molar-refractivity contribution in [1.82, 2.24) is 0 Å². The highest BCUT2D eigenvalue weighted by Gasteiger charge is 2.33. The van der Waals surface area contributed by atoms with Crippen molar-refractivity contribution in [3.05, 3.63) is 36.0 Å². The lowest BCUT2D eigenvalue weighted by Crippen LogP contribution is -2.36. The summed E-state index contributed by atoms with van der Waals surface area (Å²) in [5.74, 6) is -2.40. The van der Waals surface area contributed by atoms with Gasteiger partial charge in [-0.15, -0.1) is 0 Å². The molecule has 0 radical (unpaired) electrons. The van der Waals surface area contributed by atoms with Crippen molar-refractivity contribution in [3.63, 3.8) is 0 Å². The number of aliphatic hydroxyl groups is 1. The fourth-order valence-electron chi connectivity index (χ4n) is 1.09. The van der Waals surface area contributed by atoms with Crippen LogP contribution in [0.4, 0.5) is 0 Å². The van der Waals surface area contributed by atoms with Crippen molar-refractivity contribution >= 4 is 11.9 Å². The van der Waals surface area contributed by atoms with Gasteiger partial charge in [0.25, 0.3) is 0 Å². The van der Waals surface area contributed by atoms with Crippen LogP contribution in [0.25, 0.3) is 0 Å². The standard InChI is InChI=1S/C10H10O5/c11-8(12)2-1-7-3-5-10(15,6-4-7)9(13)14/h1-5,15H,6H2,(H,11,12)(H,13,14). The second kappa shape index (κ2) is 4.10. The second-order valence-corrected chi connectivity index (χ2v) is 3.14. The van der Waals surface area contributed by atoms with E-state index >= 15 is 0 Å². The molecule has 0 aromatic carbocycles. The Labute approximate surface area is 85.7 Å². The highest BCUT2D eigenvalue weighted by molar-refractivity contribution is 5.82. The lowest BCUT2D eigenvalue weighted by molar-refractivity contribution is -0.153. The van der Waals surface area contributed by atoms with Gasteiger partial charge in [0.05, 0.1) is 0 Å². The van der Waals surface area contributed by atoms with Gasteiger partial charge >= 0.3 is 11.9 Å². The fourth-order valence-corrected chi connectivity index (χ4v) is 1.09. The number of carboxylic acids is 2. The Hall–Kier alpha value is -1.88. The highest BCUT2D eigenvalue weighted by Crippen LogP contribution is 2.21. The predicted molar refractivity (Wildman–Crippen MR) is 51.2 cm³/mol. The number of carboxylic acid groups (broad SMARTS) is 2. The van der Waals surface area contributed by atoms with Crippen LogP contribution in [0.2, 0.25) is 0 Å². The monoisotopic (exact) mass is 210 g/mol. The Kier molecular flexibility index (Phi) is 3.06. The molecule has 0 aromatic heterocycles. The van der Waals surface area contributed by atoms with E-state index in [9.17, 15) is 14.7 Å². The summed E-state index contributed by atoms with van der Waals surface area (Å²) in [6.45, 7) is 0. The van der Waals surface area contributed by atoms with Gasteiger partial charge in [0.15, 0.2) is 5.60 Å². The summed E-state index contributed by atoms with van der Waals surface area (Å²) >= 11 is 0. The Morgan fingerprint density at radius 1 is 1.40 bits per heavy atom. The number of hydrogen-bond donors (Lipinski definition) is 3. The Morgan fingerprint density at radius 3 is 2.47 bits per heavy atom. The van der Waals surface area contributed by atoms with Crippen LogP contribution in [-0.2, 0) is 9.59 Å². The number of allylic oxidation sites excluding steroid dienone is 3. The topological polar surface area (TPSA) is 94.8 Å². The summed E-state index contributed by atoms with van der Waals surface area (Å²) in [4.78, 5) is 20.8. The first-order valence-electron chi connectivity index (χ1n) is 4.20. The largest absolute Gasteiger partial charge is 0.479 e. The molecule has 0 amide bonds. The molecule has 0 saturated heterocycles. The third kappa shape index (κ3) is 2.78. The van der Waals surface area contributed by atoms with Gasteiger partial charge in [-0.3, -0.25) is 0 Å². The molecule has 0 bridgehead atoms. The molecular weight excluding hydrogens is 200 g/mol. The predicted octanol–water partition coefficient (Wildman–Crippen LogP) is 0.329. The van der Waals surface area contributed by atoms with Crippen LogP contribution < -0.4 is 0 Å². The van der Waals surface area contributed by atoms with Crippen molar-refractivity contribution in [2.75, 3.05) is 0 Å². The van der Waals surface area contributed by atoms with E-state index in [0.29, 0.717) is 5.57 Å². The summed E-state index contributed by atoms with van der Waals surface area (Å²) in [6, 6.07) is 0. The third-order valence-corrected chi connectivity index (χ3v) is 1.99. The number of hydrogen-bond acceptors (Lipinski definition) is 3. The van der Waals surface area contributed by atoms with Gasteiger partial charge < -0.3 is 15.3 Å². The van der Waals surface area contributed by atoms with Crippen LogP contribution in [0, 0.1) is 0 Å². The average molecular weight is 210 g/mol. The van der Waals surface area contributed by atoms with Crippen LogP contribution in [0.15, 0.2) is 36.0 Å². The van der Waals surface area contributed by atoms with E-state index in [1.54, 1.807) is 0 Å². The van der Waals surface area contributed by atoms with E-state index in [4.69, 9.17) is 10.2 Å². The minimum Gasteiger partial charge on any atom is -0.479 e. The fraction of sp³-hybridized carbons (Fsp3) is 0.200. The van der Waals surface area contributed by atoms with Gasteiger partial charge in [0.1, 0.15) is 0 Å². The van der Waals surface area contributed by atoms with Gasteiger partial charge in [-0.1, -0.05) is 12.2 Å². The smallest absolute Gasteiger partial charge is 0.340 e. The zero-order valence-electron chi connectivity index (χ0n) is 7.75. The zero-order valence-corrected chi connectivity index (χ0v) is 7.75. The summed E-state index contributed by atoms with van der Waals surface area (Å²) in [7, 11) is 0. The van der Waals surface area contributed by atoms with Crippen molar-refractivity contribution in [2.24, 2.45) is 0 Å². The molecule has 1 aliphatic rings. The molecule has 0 saturated carbocycles. The summed E-state index contributed by atoms with van der Waals surface area (Å²) in [5.41, 5.74) is -1.32. The minimum atomic E-state index is -1.87. The summed E-state index contributed by atoms with van der Waals surface area (Å²) in [6.07, 6.45) is 6.18. The number of aliphatic carboxylic acids is 2. The maximum atomic E-state index is 10.6. The molecule has 5 nitrogen and oxygen atoms in total. The molecule has 80 valence electrons. The minimum absolute atomic E-state index is 0.0713. The molecule has 0 spiro atoms. The molecule has 1 unspecified atom stereocenters. The SMILES string of the molecule is O=C(O)C=CC1=CCC(O)(C(=O)O)C=C1. The molecular formula is C10H10O5. The second-order valence-electron chi connectivity index (χ2n) is 3.14. The summed E-state index contributed by atoms with van der Waals surface area (Å²) in [5, 5.41) is 26.5. The van der Waals surface area contributed by atoms with E-state index < -0.39 is 17.5 Å². The van der Waals surface area contributed by atoms with Gasteiger partial charge in [0, 0.05) is 12.5 Å². The van der Waals surface area contributed by atoms with Crippen molar-refractivity contribution in [1.29, 1.82) is 0 Å². The van der Waals surface area contributed by atoms with Crippen LogP contribution in [0.5, 0.6) is 0 Å². The first-order chi connectivity index (χ1) is 6.94. The van der Waals surface area contributed by atoms with Crippen molar-refractivity contribution in [2.45, 2.75) is 12.0 Å². The van der Waals surface area contributed by atoms with E-state index in [-0.39, 0.29) is 6.42 Å². The first-order valence-corrected chi connectivity index (χ1v) is 4.20. The molecule has 1 atom stereocenters. The molecule has 5 heteroatoms. The van der Waals surface area contributed by atoms with Crippen LogP contribution >= 0.6 is 0 Å². The third-order valence-electron chi connectivity index (χ3n) is 1.99. The van der Waals surface area contributed by atoms with Crippen LogP contribution in [-0.4, -0.2) is 32.9 Å². The highest BCUT2D eigenvalue weighted by atomic mass is 16.4. The number of carbonyl (C=O) groups is 2. The summed E-state index contributed by atoms with van der Waals surface area (Å²) < 4.78 is 0. The maximum absolute atomic E-state index is 10.6. The molecule has 0 fully saturated rings. The van der Waals surface area contributed by atoms with Gasteiger partial charge in [0.2, 0.25) is 0 Å². The average Bonchev–Trinajstić information content (AvgIpc) is 2.16. The van der Waals surface area contributed by atoms with Crippen LogP contribution in [0.1, 0.15) is 6.42 Å². The maximum Gasteiger partial charge on any atom is 0.340 e. The molecule has 15 heavy (non-hydrogen) atoms. The van der Waals surface area contributed by atoms with E-state index in [1.165, 1.54) is 18.2 Å². The van der Waals surface area contributed by atoms with Crippen molar-refractivity contribution < 1.29 is 24.9 Å². The molecule has 0 aliphatic heterocycles. The number of rotatable bonds is 3. The molecule has 3 N–H and O–H groups in total. The molecule has 1 rings (SSSR count). The Bertz CT molecular complexity index is 377. The lowest BCUT2D eigenvalue weighted by atomic mass is 9.92. The molecule has 0 heterocycles. The van der Waals surface area contributed by atoms with Crippen molar-refractivity contribution in [3.8, 4) is 0 Å². The van der Waals surface area contributed by atoms with Gasteiger partial charge in [-0.2, -0.15) is 0 Å². The van der Waals surface area contributed by atoms with E-state index in [1.807, 2.05) is 0 Å². The molecule has 1 aliphatic carbocycles. The van der Waals surface area contributed by atoms with Crippen LogP contribution in [0.3, 0.4) is 0 Å². The van der Waals surface area contributed by atoms with E-state index in [0.717, 1.165) is 12.2 Å². The van der Waals surface area contributed by atoms with Gasteiger partial charge in [-0.25, -0.2) is 9.59 Å². The molecule has 0 aromatic rings. The van der Waals surface area contributed by atoms with Gasteiger partial charge in [-0.05, 0) is 17.7 Å². The zero-order chi connectivity index (χ0) is 11.5. The Morgan fingerprint density at radius 2 is 2.07 bits per heavy atom. The first kappa shape index (κ1) is 11.2. The lowest BCUT2D eigenvalue weighted by Gasteiger charge is -2.20. The Balaban J connectivity index is 2.73. The normalized spacial score (nSPS) is 25.3. The quantitative estimate of drug-likeness (QED) is 0.583. The van der Waals surface area contributed by atoms with E-state index in [2.05, 4.69) is 0 Å².